The summed E-state index contributed by atoms with van der Waals surface area (Å²) in [5, 5.41) is 17.8. The monoisotopic (exact) mass is 274 g/mol. The van der Waals surface area contributed by atoms with Crippen LogP contribution in [0.5, 0.6) is 0 Å². The Hall–Kier alpha value is -2.85. The molecule has 1 fully saturated rings. The minimum atomic E-state index is 0.443. The van der Waals surface area contributed by atoms with E-state index in [1.165, 1.54) is 0 Å². The lowest BCUT2D eigenvalue weighted by molar-refractivity contribution is 0.777. The highest BCUT2D eigenvalue weighted by Crippen LogP contribution is 2.32. The predicted molar refractivity (Wildman–Crippen MR) is 79.3 cm³/mol. The molecule has 102 valence electrons. The van der Waals surface area contributed by atoms with Gasteiger partial charge in [0.15, 0.2) is 0 Å². The zero-order valence-corrected chi connectivity index (χ0v) is 11.5. The van der Waals surface area contributed by atoms with E-state index in [9.17, 15) is 0 Å². The number of rotatable bonds is 4. The number of nitriles is 2. The second-order valence-electron chi connectivity index (χ2n) is 5.16. The van der Waals surface area contributed by atoms with E-state index < -0.39 is 0 Å². The normalized spacial score (nSPS) is 13.2. The van der Waals surface area contributed by atoms with E-state index in [0.29, 0.717) is 17.3 Å². The second-order valence-corrected chi connectivity index (χ2v) is 5.16. The first-order valence-corrected chi connectivity index (χ1v) is 6.93. The summed E-state index contributed by atoms with van der Waals surface area (Å²) in [5.74, 6) is 0.848. The second kappa shape index (κ2) is 5.64. The number of aromatic nitrogens is 1. The molecule has 0 amide bonds. The summed E-state index contributed by atoms with van der Waals surface area (Å²) in [4.78, 5) is 6.63. The van der Waals surface area contributed by atoms with Crippen molar-refractivity contribution in [1.82, 2.24) is 4.98 Å². The van der Waals surface area contributed by atoms with Gasteiger partial charge in [-0.15, -0.1) is 0 Å². The van der Waals surface area contributed by atoms with Crippen LogP contribution in [0.4, 0.5) is 5.82 Å². The SMILES string of the molecule is N#Cc1ccc(CN(c2cccc(C#N)n2)C2CC2)cc1. The van der Waals surface area contributed by atoms with E-state index in [2.05, 4.69) is 22.0 Å². The van der Waals surface area contributed by atoms with Crippen molar-refractivity contribution in [1.29, 1.82) is 10.5 Å². The zero-order chi connectivity index (χ0) is 14.7. The largest absolute Gasteiger partial charge is 0.349 e. The Bertz CT molecular complexity index is 718. The maximum Gasteiger partial charge on any atom is 0.142 e. The Kier molecular flexibility index (Phi) is 3.53. The molecular weight excluding hydrogens is 260 g/mol. The van der Waals surface area contributed by atoms with Gasteiger partial charge in [-0.05, 0) is 42.7 Å². The van der Waals surface area contributed by atoms with Crippen LogP contribution >= 0.6 is 0 Å². The molecule has 1 saturated carbocycles. The molecule has 0 N–H and O–H groups in total. The van der Waals surface area contributed by atoms with E-state index >= 15 is 0 Å². The van der Waals surface area contributed by atoms with Crippen LogP contribution in [0.3, 0.4) is 0 Å². The molecule has 1 heterocycles. The quantitative estimate of drug-likeness (QED) is 0.859. The molecule has 1 aliphatic rings. The zero-order valence-electron chi connectivity index (χ0n) is 11.5. The summed E-state index contributed by atoms with van der Waals surface area (Å²) in [7, 11) is 0. The van der Waals surface area contributed by atoms with Crippen LogP contribution in [0.2, 0.25) is 0 Å². The lowest BCUT2D eigenvalue weighted by atomic mass is 10.1. The average Bonchev–Trinajstić information content (AvgIpc) is 3.38. The van der Waals surface area contributed by atoms with Crippen molar-refractivity contribution in [2.45, 2.75) is 25.4 Å². The van der Waals surface area contributed by atoms with E-state index in [-0.39, 0.29) is 0 Å². The molecule has 1 aliphatic carbocycles. The third-order valence-electron chi connectivity index (χ3n) is 3.57. The first kappa shape index (κ1) is 13.1. The molecule has 0 aliphatic heterocycles. The lowest BCUT2D eigenvalue weighted by Gasteiger charge is -2.23. The van der Waals surface area contributed by atoms with Crippen molar-refractivity contribution < 1.29 is 0 Å². The molecule has 0 atom stereocenters. The van der Waals surface area contributed by atoms with Gasteiger partial charge in [-0.25, -0.2) is 4.98 Å². The van der Waals surface area contributed by atoms with Crippen LogP contribution in [0, 0.1) is 22.7 Å². The minimum absolute atomic E-state index is 0.443. The van der Waals surface area contributed by atoms with Crippen LogP contribution in [0.25, 0.3) is 0 Å². The van der Waals surface area contributed by atoms with Crippen molar-refractivity contribution in [2.24, 2.45) is 0 Å². The number of anilines is 1. The summed E-state index contributed by atoms with van der Waals surface area (Å²) in [5.41, 5.74) is 2.25. The topological polar surface area (TPSA) is 63.7 Å². The first-order chi connectivity index (χ1) is 10.3. The fourth-order valence-electron chi connectivity index (χ4n) is 2.31. The van der Waals surface area contributed by atoms with Crippen LogP contribution in [-0.4, -0.2) is 11.0 Å². The summed E-state index contributed by atoms with van der Waals surface area (Å²) in [6.07, 6.45) is 2.32. The number of nitrogens with zero attached hydrogens (tertiary/aromatic N) is 4. The Balaban J connectivity index is 1.84. The fraction of sp³-hybridized carbons (Fsp3) is 0.235. The third-order valence-corrected chi connectivity index (χ3v) is 3.57. The van der Waals surface area contributed by atoms with Gasteiger partial charge in [-0.3, -0.25) is 0 Å². The maximum atomic E-state index is 8.98. The van der Waals surface area contributed by atoms with Crippen LogP contribution in [-0.2, 0) is 6.54 Å². The molecule has 4 nitrogen and oxygen atoms in total. The molecule has 21 heavy (non-hydrogen) atoms. The highest BCUT2D eigenvalue weighted by molar-refractivity contribution is 5.45. The van der Waals surface area contributed by atoms with Gasteiger partial charge in [0.05, 0.1) is 11.6 Å². The van der Waals surface area contributed by atoms with E-state index in [4.69, 9.17) is 10.5 Å². The Morgan fingerprint density at radius 2 is 1.81 bits per heavy atom. The molecule has 1 aromatic heterocycles. The van der Waals surface area contributed by atoms with Crippen molar-refractivity contribution in [2.75, 3.05) is 4.90 Å². The van der Waals surface area contributed by atoms with Gasteiger partial charge in [-0.2, -0.15) is 10.5 Å². The molecule has 0 unspecified atom stereocenters. The van der Waals surface area contributed by atoms with Crippen molar-refractivity contribution >= 4 is 5.82 Å². The molecule has 4 heteroatoms. The number of hydrogen-bond acceptors (Lipinski definition) is 4. The van der Waals surface area contributed by atoms with E-state index in [0.717, 1.165) is 30.8 Å². The van der Waals surface area contributed by atoms with Gasteiger partial charge in [0.25, 0.3) is 0 Å². The molecule has 0 bridgehead atoms. The molecule has 3 rings (SSSR count). The number of benzene rings is 1. The number of hydrogen-bond donors (Lipinski definition) is 0. The lowest BCUT2D eigenvalue weighted by Crippen LogP contribution is -2.26. The average molecular weight is 274 g/mol. The maximum absolute atomic E-state index is 8.98. The molecule has 0 saturated heterocycles. The van der Waals surface area contributed by atoms with Gasteiger partial charge >= 0.3 is 0 Å². The smallest absolute Gasteiger partial charge is 0.142 e. The van der Waals surface area contributed by atoms with Crippen molar-refractivity contribution in [3.63, 3.8) is 0 Å². The van der Waals surface area contributed by atoms with Gasteiger partial charge in [-0.1, -0.05) is 18.2 Å². The highest BCUT2D eigenvalue weighted by Gasteiger charge is 2.30. The fourth-order valence-corrected chi connectivity index (χ4v) is 2.31. The van der Waals surface area contributed by atoms with Crippen molar-refractivity contribution in [3.8, 4) is 12.1 Å². The standard InChI is InChI=1S/C17H14N4/c18-10-13-4-6-14(7-5-13)12-21(16-8-9-16)17-3-1-2-15(11-19)20-17/h1-7,16H,8-9,12H2. The highest BCUT2D eigenvalue weighted by atomic mass is 15.2. The predicted octanol–water partition coefficient (Wildman–Crippen LogP) is 2.99. The summed E-state index contributed by atoms with van der Waals surface area (Å²) < 4.78 is 0. The molecular formula is C17H14N4. The summed E-state index contributed by atoms with van der Waals surface area (Å²) in [6.45, 7) is 0.748. The van der Waals surface area contributed by atoms with Gasteiger partial charge in [0, 0.05) is 12.6 Å². The van der Waals surface area contributed by atoms with Gasteiger partial charge in [0.2, 0.25) is 0 Å². The Labute approximate surface area is 123 Å². The first-order valence-electron chi connectivity index (χ1n) is 6.93. The Morgan fingerprint density at radius 1 is 1.05 bits per heavy atom. The van der Waals surface area contributed by atoms with Crippen LogP contribution in [0.1, 0.15) is 29.7 Å². The molecule has 0 spiro atoms. The van der Waals surface area contributed by atoms with Crippen molar-refractivity contribution in [3.05, 3.63) is 59.3 Å². The Morgan fingerprint density at radius 3 is 2.43 bits per heavy atom. The van der Waals surface area contributed by atoms with Gasteiger partial charge < -0.3 is 4.90 Å². The summed E-state index contributed by atoms with van der Waals surface area (Å²) in [6, 6.07) is 17.9. The minimum Gasteiger partial charge on any atom is -0.349 e. The van der Waals surface area contributed by atoms with E-state index in [1.54, 1.807) is 6.07 Å². The van der Waals surface area contributed by atoms with Gasteiger partial charge in [0.1, 0.15) is 17.6 Å². The van der Waals surface area contributed by atoms with Crippen LogP contribution in [0.15, 0.2) is 42.5 Å². The molecule has 1 aromatic carbocycles. The molecule has 0 radical (unpaired) electrons. The molecule has 2 aromatic rings. The number of pyridine rings is 1. The van der Waals surface area contributed by atoms with Crippen LogP contribution < -0.4 is 4.90 Å². The van der Waals surface area contributed by atoms with E-state index in [1.807, 2.05) is 36.4 Å². The third kappa shape index (κ3) is 3.01. The summed E-state index contributed by atoms with van der Waals surface area (Å²) >= 11 is 0.